The minimum atomic E-state index is 0.387. The molecule has 0 N–H and O–H groups in total. The predicted molar refractivity (Wildman–Crippen MR) is 93.4 cm³/mol. The first-order valence-corrected chi connectivity index (χ1v) is 8.90. The average molecular weight is 300 g/mol. The maximum atomic E-state index is 5.45. The number of aryl methyl sites for hydroxylation is 1. The molecule has 0 aromatic heterocycles. The number of fused-ring (bicyclic) bond motifs is 3. The van der Waals surface area contributed by atoms with E-state index < -0.39 is 0 Å². The third-order valence-electron chi connectivity index (χ3n) is 7.97. The third kappa shape index (κ3) is 1.97. The van der Waals surface area contributed by atoms with Crippen LogP contribution in [0.3, 0.4) is 0 Å². The summed E-state index contributed by atoms with van der Waals surface area (Å²) < 4.78 is 5.45. The van der Waals surface area contributed by atoms with E-state index in [0.29, 0.717) is 22.7 Å². The van der Waals surface area contributed by atoms with Crippen LogP contribution in [0.15, 0.2) is 18.2 Å². The lowest BCUT2D eigenvalue weighted by atomic mass is 9.43. The first-order valence-electron chi connectivity index (χ1n) is 8.90. The van der Waals surface area contributed by atoms with Crippen molar-refractivity contribution in [2.24, 2.45) is 28.6 Å². The number of ether oxygens (including phenoxy) is 1. The lowest BCUT2D eigenvalue weighted by Gasteiger charge is -2.61. The molecule has 1 heteroatoms. The molecule has 0 aliphatic heterocycles. The summed E-state index contributed by atoms with van der Waals surface area (Å²) in [6.07, 6.45) is 2.51. The highest BCUT2D eigenvalue weighted by Gasteiger charge is 2.56. The van der Waals surface area contributed by atoms with Gasteiger partial charge in [0, 0.05) is 0 Å². The topological polar surface area (TPSA) is 9.23 Å². The Bertz CT molecular complexity index is 573. The van der Waals surface area contributed by atoms with Crippen molar-refractivity contribution in [2.75, 3.05) is 7.11 Å². The molecule has 1 fully saturated rings. The molecule has 0 bridgehead atoms. The molecule has 22 heavy (non-hydrogen) atoms. The van der Waals surface area contributed by atoms with Crippen LogP contribution < -0.4 is 4.74 Å². The number of hydrogen-bond donors (Lipinski definition) is 0. The van der Waals surface area contributed by atoms with Gasteiger partial charge >= 0.3 is 0 Å². The van der Waals surface area contributed by atoms with Gasteiger partial charge in [-0.15, -0.1) is 0 Å². The van der Waals surface area contributed by atoms with E-state index in [0.717, 1.165) is 17.6 Å². The van der Waals surface area contributed by atoms with E-state index in [-0.39, 0.29) is 0 Å². The molecule has 0 amide bonds. The Morgan fingerprint density at radius 1 is 1.00 bits per heavy atom. The fourth-order valence-corrected chi connectivity index (χ4v) is 5.55. The summed E-state index contributed by atoms with van der Waals surface area (Å²) in [5.41, 5.74) is 3.92. The standard InChI is InChI=1S/C21H32O/c1-13-14(2)21(6)11-10-16-12-17(22-7)8-9-18(16)19(21)15(3)20(13,4)5/h8-9,12-15,19H,10-11H2,1-7H3. The molecule has 1 saturated carbocycles. The van der Waals surface area contributed by atoms with Gasteiger partial charge < -0.3 is 4.74 Å². The zero-order valence-electron chi connectivity index (χ0n) is 15.4. The molecular formula is C21H32O. The number of rotatable bonds is 1. The van der Waals surface area contributed by atoms with Gasteiger partial charge in [0.25, 0.3) is 0 Å². The fraction of sp³-hybridized carbons (Fsp3) is 0.714. The fourth-order valence-electron chi connectivity index (χ4n) is 5.55. The van der Waals surface area contributed by atoms with Crippen molar-refractivity contribution in [3.63, 3.8) is 0 Å². The van der Waals surface area contributed by atoms with E-state index in [1.807, 2.05) is 0 Å². The highest BCUT2D eigenvalue weighted by atomic mass is 16.5. The lowest BCUT2D eigenvalue weighted by molar-refractivity contribution is -0.0832. The van der Waals surface area contributed by atoms with Gasteiger partial charge in [-0.2, -0.15) is 0 Å². The van der Waals surface area contributed by atoms with E-state index in [2.05, 4.69) is 59.7 Å². The zero-order chi connectivity index (χ0) is 16.3. The normalized spacial score (nSPS) is 39.8. The van der Waals surface area contributed by atoms with Gasteiger partial charge in [-0.1, -0.05) is 47.6 Å². The summed E-state index contributed by atoms with van der Waals surface area (Å²) in [6.45, 7) is 15.0. The summed E-state index contributed by atoms with van der Waals surface area (Å²) in [4.78, 5) is 0. The minimum Gasteiger partial charge on any atom is -0.497 e. The predicted octanol–water partition coefficient (Wildman–Crippen LogP) is 5.68. The smallest absolute Gasteiger partial charge is 0.119 e. The van der Waals surface area contributed by atoms with Crippen LogP contribution in [-0.4, -0.2) is 7.11 Å². The first kappa shape index (κ1) is 15.9. The average Bonchev–Trinajstić information content (AvgIpc) is 2.51. The van der Waals surface area contributed by atoms with E-state index >= 15 is 0 Å². The first-order chi connectivity index (χ1) is 10.2. The maximum Gasteiger partial charge on any atom is 0.119 e. The quantitative estimate of drug-likeness (QED) is 0.648. The molecule has 0 heterocycles. The van der Waals surface area contributed by atoms with Crippen LogP contribution in [0.1, 0.15) is 65.0 Å². The van der Waals surface area contributed by atoms with Gasteiger partial charge in [-0.3, -0.25) is 0 Å². The molecule has 1 nitrogen and oxygen atoms in total. The van der Waals surface area contributed by atoms with Crippen molar-refractivity contribution in [3.05, 3.63) is 29.3 Å². The van der Waals surface area contributed by atoms with E-state index in [9.17, 15) is 0 Å². The second kappa shape index (κ2) is 5.01. The van der Waals surface area contributed by atoms with Crippen LogP contribution in [0.25, 0.3) is 0 Å². The number of methoxy groups -OCH3 is 1. The summed E-state index contributed by atoms with van der Waals surface area (Å²) in [5.74, 6) is 3.91. The van der Waals surface area contributed by atoms with Crippen LogP contribution in [-0.2, 0) is 6.42 Å². The van der Waals surface area contributed by atoms with Gasteiger partial charge in [0.1, 0.15) is 5.75 Å². The van der Waals surface area contributed by atoms with E-state index in [1.54, 1.807) is 12.7 Å². The molecule has 0 spiro atoms. The van der Waals surface area contributed by atoms with Crippen molar-refractivity contribution in [1.82, 2.24) is 0 Å². The Labute approximate surface area is 136 Å². The van der Waals surface area contributed by atoms with Gasteiger partial charge in [0.15, 0.2) is 0 Å². The van der Waals surface area contributed by atoms with Crippen LogP contribution in [0.5, 0.6) is 5.75 Å². The van der Waals surface area contributed by atoms with Crippen molar-refractivity contribution >= 4 is 0 Å². The summed E-state index contributed by atoms with van der Waals surface area (Å²) >= 11 is 0. The third-order valence-corrected chi connectivity index (χ3v) is 7.97. The Morgan fingerprint density at radius 3 is 2.32 bits per heavy atom. The van der Waals surface area contributed by atoms with Crippen molar-refractivity contribution in [3.8, 4) is 5.75 Å². The Hall–Kier alpha value is -0.980. The number of hydrogen-bond acceptors (Lipinski definition) is 1. The Balaban J connectivity index is 2.13. The van der Waals surface area contributed by atoms with Crippen LogP contribution in [0.4, 0.5) is 0 Å². The summed E-state index contributed by atoms with van der Waals surface area (Å²) in [7, 11) is 1.77. The molecule has 2 aliphatic carbocycles. The molecule has 0 radical (unpaired) electrons. The minimum absolute atomic E-state index is 0.387. The second-order valence-corrected chi connectivity index (χ2v) is 8.74. The Kier molecular flexibility index (Phi) is 3.62. The zero-order valence-corrected chi connectivity index (χ0v) is 15.4. The molecule has 1 aromatic rings. The largest absolute Gasteiger partial charge is 0.497 e. The molecule has 0 saturated heterocycles. The molecule has 3 rings (SSSR count). The highest BCUT2D eigenvalue weighted by Crippen LogP contribution is 2.65. The van der Waals surface area contributed by atoms with Gasteiger partial charge in [0.2, 0.25) is 0 Å². The lowest BCUT2D eigenvalue weighted by Crippen LogP contribution is -2.54. The van der Waals surface area contributed by atoms with Crippen molar-refractivity contribution < 1.29 is 4.74 Å². The van der Waals surface area contributed by atoms with Gasteiger partial charge in [-0.05, 0) is 70.6 Å². The maximum absolute atomic E-state index is 5.45. The second-order valence-electron chi connectivity index (χ2n) is 8.74. The summed E-state index contributed by atoms with van der Waals surface area (Å²) in [6, 6.07) is 6.79. The molecule has 5 atom stereocenters. The van der Waals surface area contributed by atoms with Crippen molar-refractivity contribution in [2.45, 2.75) is 60.3 Å². The highest BCUT2D eigenvalue weighted by molar-refractivity contribution is 5.42. The summed E-state index contributed by atoms with van der Waals surface area (Å²) in [5, 5.41) is 0. The van der Waals surface area contributed by atoms with Crippen LogP contribution in [0, 0.1) is 28.6 Å². The number of benzene rings is 1. The molecule has 2 aliphatic rings. The van der Waals surface area contributed by atoms with Crippen molar-refractivity contribution in [1.29, 1.82) is 0 Å². The molecule has 5 unspecified atom stereocenters. The molecule has 1 aromatic carbocycles. The molecule has 122 valence electrons. The van der Waals surface area contributed by atoms with E-state index in [4.69, 9.17) is 4.74 Å². The van der Waals surface area contributed by atoms with E-state index in [1.165, 1.54) is 18.4 Å². The Morgan fingerprint density at radius 2 is 1.68 bits per heavy atom. The monoisotopic (exact) mass is 300 g/mol. The SMILES string of the molecule is COc1ccc2c(c1)CCC1(C)C(C)C(C)C(C)(C)C(C)C21. The van der Waals surface area contributed by atoms with Gasteiger partial charge in [0.05, 0.1) is 7.11 Å². The van der Waals surface area contributed by atoms with Crippen LogP contribution >= 0.6 is 0 Å². The molecular weight excluding hydrogens is 268 g/mol. The van der Waals surface area contributed by atoms with Crippen LogP contribution in [0.2, 0.25) is 0 Å². The van der Waals surface area contributed by atoms with Gasteiger partial charge in [-0.25, -0.2) is 0 Å².